The Morgan fingerprint density at radius 2 is 1.89 bits per heavy atom. The van der Waals surface area contributed by atoms with Crippen molar-refractivity contribution in [1.82, 2.24) is 4.31 Å². The second-order valence-corrected chi connectivity index (χ2v) is 9.06. The fraction of sp³-hybridized carbons (Fsp3) is 0.176. The summed E-state index contributed by atoms with van der Waals surface area (Å²) in [5, 5.41) is 2.42. The number of carbonyl (C=O) groups is 2. The Balaban J connectivity index is 2.06. The van der Waals surface area contributed by atoms with Crippen molar-refractivity contribution in [2.45, 2.75) is 4.90 Å². The zero-order chi connectivity index (χ0) is 21.1. The molecule has 0 spiro atoms. The highest BCUT2D eigenvalue weighted by atomic mass is 79.9. The summed E-state index contributed by atoms with van der Waals surface area (Å²) in [5.41, 5.74) is 0.217. The van der Waals surface area contributed by atoms with Gasteiger partial charge in [0.05, 0.1) is 10.6 Å². The molecule has 0 aliphatic rings. The van der Waals surface area contributed by atoms with E-state index in [0.29, 0.717) is 0 Å². The highest BCUT2D eigenvalue weighted by molar-refractivity contribution is 9.10. The van der Waals surface area contributed by atoms with E-state index in [9.17, 15) is 22.4 Å². The summed E-state index contributed by atoms with van der Waals surface area (Å²) >= 11 is 8.98. The standard InChI is InChI=1S/C17H15BrClFN2O5S/c1-22(2)28(25,26)15-8-11(4-6-14(15)19)21-16(23)9-27-17(24)12-5-3-10(20)7-13(12)18/h3-8H,9H2,1-2H3,(H,21,23). The van der Waals surface area contributed by atoms with Crippen LogP contribution in [0.15, 0.2) is 45.8 Å². The summed E-state index contributed by atoms with van der Waals surface area (Å²) in [5.74, 6) is -2.05. The number of sulfonamides is 1. The van der Waals surface area contributed by atoms with Gasteiger partial charge in [-0.05, 0) is 52.3 Å². The SMILES string of the molecule is CN(C)S(=O)(=O)c1cc(NC(=O)COC(=O)c2ccc(F)cc2Br)ccc1Cl. The second kappa shape index (κ2) is 8.99. The number of amides is 1. The molecule has 0 atom stereocenters. The molecule has 0 aromatic heterocycles. The zero-order valence-electron chi connectivity index (χ0n) is 14.7. The van der Waals surface area contributed by atoms with Gasteiger partial charge < -0.3 is 10.1 Å². The molecule has 2 rings (SSSR count). The van der Waals surface area contributed by atoms with Crippen LogP contribution in [0.5, 0.6) is 0 Å². The van der Waals surface area contributed by atoms with Crippen molar-refractivity contribution >= 4 is 55.1 Å². The van der Waals surface area contributed by atoms with E-state index >= 15 is 0 Å². The van der Waals surface area contributed by atoms with Crippen molar-refractivity contribution in [3.05, 3.63) is 57.3 Å². The maximum absolute atomic E-state index is 13.1. The fourth-order valence-electron chi connectivity index (χ4n) is 2.04. The van der Waals surface area contributed by atoms with Crippen LogP contribution in [0.2, 0.25) is 5.02 Å². The Labute approximate surface area is 174 Å². The Bertz CT molecular complexity index is 1030. The van der Waals surface area contributed by atoms with Crippen molar-refractivity contribution < 1.29 is 27.1 Å². The third kappa shape index (κ3) is 5.28. The third-order valence-electron chi connectivity index (χ3n) is 3.46. The zero-order valence-corrected chi connectivity index (χ0v) is 17.9. The summed E-state index contributed by atoms with van der Waals surface area (Å²) in [7, 11) is -1.10. The molecular weight excluding hydrogens is 479 g/mol. The van der Waals surface area contributed by atoms with Gasteiger partial charge in [0.15, 0.2) is 6.61 Å². The molecule has 1 amide bonds. The van der Waals surface area contributed by atoms with Crippen LogP contribution in [0.4, 0.5) is 10.1 Å². The van der Waals surface area contributed by atoms with Gasteiger partial charge in [-0.25, -0.2) is 21.9 Å². The van der Waals surface area contributed by atoms with E-state index in [2.05, 4.69) is 21.2 Å². The largest absolute Gasteiger partial charge is 0.452 e. The fourth-order valence-corrected chi connectivity index (χ4v) is 3.94. The first-order valence-corrected chi connectivity index (χ1v) is 10.3. The normalized spacial score (nSPS) is 11.4. The van der Waals surface area contributed by atoms with Crippen LogP contribution in [-0.4, -0.2) is 45.3 Å². The molecule has 11 heteroatoms. The lowest BCUT2D eigenvalue weighted by atomic mass is 10.2. The van der Waals surface area contributed by atoms with Crippen molar-refractivity contribution in [1.29, 1.82) is 0 Å². The monoisotopic (exact) mass is 492 g/mol. The molecule has 0 unspecified atom stereocenters. The van der Waals surface area contributed by atoms with Gasteiger partial charge in [-0.3, -0.25) is 4.79 Å². The van der Waals surface area contributed by atoms with Crippen LogP contribution in [0.1, 0.15) is 10.4 Å². The minimum Gasteiger partial charge on any atom is -0.452 e. The van der Waals surface area contributed by atoms with Crippen LogP contribution in [-0.2, 0) is 19.6 Å². The van der Waals surface area contributed by atoms with Crippen LogP contribution < -0.4 is 5.32 Å². The topological polar surface area (TPSA) is 92.8 Å². The second-order valence-electron chi connectivity index (χ2n) is 5.68. The maximum Gasteiger partial charge on any atom is 0.339 e. The first kappa shape index (κ1) is 22.3. The summed E-state index contributed by atoms with van der Waals surface area (Å²) < 4.78 is 43.6. The molecule has 2 aromatic rings. The molecular formula is C17H15BrClFN2O5S. The Hall–Kier alpha value is -2.01. The summed E-state index contributed by atoms with van der Waals surface area (Å²) in [6, 6.07) is 7.34. The lowest BCUT2D eigenvalue weighted by molar-refractivity contribution is -0.119. The van der Waals surface area contributed by atoms with Crippen LogP contribution in [0, 0.1) is 5.82 Å². The van der Waals surface area contributed by atoms with E-state index in [1.54, 1.807) is 0 Å². The molecule has 1 N–H and O–H groups in total. The average molecular weight is 494 g/mol. The number of rotatable bonds is 6. The minimum atomic E-state index is -3.81. The number of nitrogens with zero attached hydrogens (tertiary/aromatic N) is 1. The first-order chi connectivity index (χ1) is 13.0. The molecule has 0 aliphatic heterocycles. The van der Waals surface area contributed by atoms with Crippen LogP contribution in [0.3, 0.4) is 0 Å². The van der Waals surface area contributed by atoms with E-state index in [-0.39, 0.29) is 25.6 Å². The Morgan fingerprint density at radius 3 is 2.50 bits per heavy atom. The quantitative estimate of drug-likeness (QED) is 0.624. The molecule has 0 radical (unpaired) electrons. The Morgan fingerprint density at radius 1 is 1.21 bits per heavy atom. The first-order valence-electron chi connectivity index (χ1n) is 7.66. The number of anilines is 1. The van der Waals surface area contributed by atoms with Gasteiger partial charge in [-0.15, -0.1) is 0 Å². The molecule has 7 nitrogen and oxygen atoms in total. The lowest BCUT2D eigenvalue weighted by Crippen LogP contribution is -2.23. The number of ether oxygens (including phenoxy) is 1. The predicted molar refractivity (Wildman–Crippen MR) is 105 cm³/mol. The number of hydrogen-bond acceptors (Lipinski definition) is 5. The molecule has 0 saturated heterocycles. The van der Waals surface area contributed by atoms with Gasteiger partial charge in [0.2, 0.25) is 10.0 Å². The molecule has 0 saturated carbocycles. The number of halogens is 3. The summed E-state index contributed by atoms with van der Waals surface area (Å²) in [4.78, 5) is 23.8. The van der Waals surface area contributed by atoms with Crippen molar-refractivity contribution in [3.8, 4) is 0 Å². The van der Waals surface area contributed by atoms with E-state index in [1.165, 1.54) is 38.4 Å². The number of esters is 1. The van der Waals surface area contributed by atoms with Crippen molar-refractivity contribution in [2.75, 3.05) is 26.0 Å². The van der Waals surface area contributed by atoms with Gasteiger partial charge in [-0.1, -0.05) is 11.6 Å². The number of nitrogens with one attached hydrogen (secondary N) is 1. The smallest absolute Gasteiger partial charge is 0.339 e. The highest BCUT2D eigenvalue weighted by Crippen LogP contribution is 2.27. The molecule has 0 aliphatic carbocycles. The van der Waals surface area contributed by atoms with Gasteiger partial charge in [-0.2, -0.15) is 0 Å². The number of hydrogen-bond donors (Lipinski definition) is 1. The van der Waals surface area contributed by atoms with E-state index in [0.717, 1.165) is 16.4 Å². The average Bonchev–Trinajstić information content (AvgIpc) is 2.61. The van der Waals surface area contributed by atoms with Gasteiger partial charge in [0.1, 0.15) is 10.7 Å². The molecule has 150 valence electrons. The lowest BCUT2D eigenvalue weighted by Gasteiger charge is -2.14. The van der Waals surface area contributed by atoms with Gasteiger partial charge in [0, 0.05) is 24.3 Å². The van der Waals surface area contributed by atoms with Crippen molar-refractivity contribution in [3.63, 3.8) is 0 Å². The van der Waals surface area contributed by atoms with Crippen LogP contribution >= 0.6 is 27.5 Å². The van der Waals surface area contributed by atoms with Gasteiger partial charge >= 0.3 is 5.97 Å². The number of benzene rings is 2. The molecule has 28 heavy (non-hydrogen) atoms. The molecule has 2 aromatic carbocycles. The Kier molecular flexibility index (Phi) is 7.16. The molecule has 0 bridgehead atoms. The maximum atomic E-state index is 13.1. The van der Waals surface area contributed by atoms with E-state index < -0.39 is 34.3 Å². The highest BCUT2D eigenvalue weighted by Gasteiger charge is 2.22. The van der Waals surface area contributed by atoms with E-state index in [4.69, 9.17) is 16.3 Å². The minimum absolute atomic E-state index is 0.000660. The predicted octanol–water partition coefficient (Wildman–Crippen LogP) is 3.29. The summed E-state index contributed by atoms with van der Waals surface area (Å²) in [6.45, 7) is -0.624. The molecule has 0 heterocycles. The number of carbonyl (C=O) groups excluding carboxylic acids is 2. The molecule has 0 fully saturated rings. The van der Waals surface area contributed by atoms with Crippen LogP contribution in [0.25, 0.3) is 0 Å². The third-order valence-corrected chi connectivity index (χ3v) is 6.41. The van der Waals surface area contributed by atoms with Crippen molar-refractivity contribution in [2.24, 2.45) is 0 Å². The van der Waals surface area contributed by atoms with E-state index in [1.807, 2.05) is 0 Å². The summed E-state index contributed by atoms with van der Waals surface area (Å²) in [6.07, 6.45) is 0. The van der Waals surface area contributed by atoms with Gasteiger partial charge in [0.25, 0.3) is 5.91 Å².